The topological polar surface area (TPSA) is 21.3 Å². The number of rotatable bonds is 6. The molecule has 0 saturated heterocycles. The van der Waals surface area contributed by atoms with E-state index in [4.69, 9.17) is 4.74 Å². The molecule has 1 heterocycles. The summed E-state index contributed by atoms with van der Waals surface area (Å²) in [5.41, 5.74) is 1.19. The van der Waals surface area contributed by atoms with Crippen LogP contribution in [-0.4, -0.2) is 13.7 Å². The summed E-state index contributed by atoms with van der Waals surface area (Å²) in [7, 11) is 1.72. The Morgan fingerprint density at radius 3 is 2.93 bits per heavy atom. The van der Waals surface area contributed by atoms with Gasteiger partial charge in [0.25, 0.3) is 0 Å². The van der Waals surface area contributed by atoms with Gasteiger partial charge in [0.2, 0.25) is 0 Å². The molecule has 15 heavy (non-hydrogen) atoms. The number of thiophene rings is 1. The van der Waals surface area contributed by atoms with Crippen LogP contribution < -0.4 is 10.1 Å². The van der Waals surface area contributed by atoms with Crippen molar-refractivity contribution in [3.8, 4) is 5.75 Å². The summed E-state index contributed by atoms with van der Waals surface area (Å²) in [5.74, 6) is 0.979. The van der Waals surface area contributed by atoms with Gasteiger partial charge in [-0.05, 0) is 31.3 Å². The summed E-state index contributed by atoms with van der Waals surface area (Å²) in [6, 6.07) is 2.35. The SMILES string of the molecule is C=C(C)CC(NCC)c1sccc1OC. The molecule has 0 aliphatic carbocycles. The van der Waals surface area contributed by atoms with Crippen LogP contribution in [0.25, 0.3) is 0 Å². The van der Waals surface area contributed by atoms with Gasteiger partial charge in [0.1, 0.15) is 5.75 Å². The van der Waals surface area contributed by atoms with Crippen LogP contribution in [-0.2, 0) is 0 Å². The van der Waals surface area contributed by atoms with E-state index in [1.807, 2.05) is 6.07 Å². The number of nitrogens with one attached hydrogen (secondary N) is 1. The third-order valence-electron chi connectivity index (χ3n) is 2.20. The molecule has 2 nitrogen and oxygen atoms in total. The van der Waals surface area contributed by atoms with E-state index in [1.54, 1.807) is 18.4 Å². The van der Waals surface area contributed by atoms with Crippen molar-refractivity contribution in [2.24, 2.45) is 0 Å². The van der Waals surface area contributed by atoms with Crippen molar-refractivity contribution < 1.29 is 4.74 Å². The number of methoxy groups -OCH3 is 1. The Balaban J connectivity index is 2.82. The van der Waals surface area contributed by atoms with E-state index in [2.05, 4.69) is 31.1 Å². The Labute approximate surface area is 96.0 Å². The van der Waals surface area contributed by atoms with Gasteiger partial charge in [-0.15, -0.1) is 17.9 Å². The third kappa shape index (κ3) is 3.36. The largest absolute Gasteiger partial charge is 0.496 e. The summed E-state index contributed by atoms with van der Waals surface area (Å²) in [6.45, 7) is 9.10. The summed E-state index contributed by atoms with van der Waals surface area (Å²) < 4.78 is 5.33. The van der Waals surface area contributed by atoms with Crippen LogP contribution in [0.5, 0.6) is 5.75 Å². The minimum atomic E-state index is 0.336. The molecule has 0 aliphatic rings. The van der Waals surface area contributed by atoms with Crippen LogP contribution in [0.2, 0.25) is 0 Å². The highest BCUT2D eigenvalue weighted by atomic mass is 32.1. The highest BCUT2D eigenvalue weighted by molar-refractivity contribution is 7.10. The smallest absolute Gasteiger partial charge is 0.134 e. The van der Waals surface area contributed by atoms with Crippen LogP contribution in [0.4, 0.5) is 0 Å². The van der Waals surface area contributed by atoms with Gasteiger partial charge in [-0.2, -0.15) is 0 Å². The van der Waals surface area contributed by atoms with Gasteiger partial charge >= 0.3 is 0 Å². The third-order valence-corrected chi connectivity index (χ3v) is 3.21. The minimum Gasteiger partial charge on any atom is -0.496 e. The molecule has 0 aliphatic heterocycles. The van der Waals surface area contributed by atoms with E-state index in [1.165, 1.54) is 10.5 Å². The quantitative estimate of drug-likeness (QED) is 0.749. The second-order valence-electron chi connectivity index (χ2n) is 3.62. The molecule has 0 fully saturated rings. The molecule has 1 N–H and O–H groups in total. The predicted octanol–water partition coefficient (Wildman–Crippen LogP) is 3.37. The number of hydrogen-bond donors (Lipinski definition) is 1. The van der Waals surface area contributed by atoms with Gasteiger partial charge in [-0.3, -0.25) is 0 Å². The first-order chi connectivity index (χ1) is 7.19. The van der Waals surface area contributed by atoms with E-state index in [0.717, 1.165) is 18.7 Å². The van der Waals surface area contributed by atoms with E-state index >= 15 is 0 Å². The molecular weight excluding hydrogens is 206 g/mol. The Bertz CT molecular complexity index is 319. The van der Waals surface area contributed by atoms with E-state index in [0.29, 0.717) is 6.04 Å². The summed E-state index contributed by atoms with van der Waals surface area (Å²) >= 11 is 1.74. The minimum absolute atomic E-state index is 0.336. The Hall–Kier alpha value is -0.800. The van der Waals surface area contributed by atoms with E-state index < -0.39 is 0 Å². The van der Waals surface area contributed by atoms with Crippen molar-refractivity contribution in [2.75, 3.05) is 13.7 Å². The molecule has 3 heteroatoms. The molecule has 0 aromatic carbocycles. The van der Waals surface area contributed by atoms with Gasteiger partial charge in [-0.25, -0.2) is 0 Å². The van der Waals surface area contributed by atoms with E-state index in [9.17, 15) is 0 Å². The Morgan fingerprint density at radius 2 is 2.40 bits per heavy atom. The summed E-state index contributed by atoms with van der Waals surface area (Å²) in [5, 5.41) is 5.53. The van der Waals surface area contributed by atoms with Crippen molar-refractivity contribution in [2.45, 2.75) is 26.3 Å². The van der Waals surface area contributed by atoms with Gasteiger partial charge in [-0.1, -0.05) is 12.5 Å². The molecule has 0 saturated carbocycles. The van der Waals surface area contributed by atoms with Gasteiger partial charge < -0.3 is 10.1 Å². The predicted molar refractivity (Wildman–Crippen MR) is 66.7 cm³/mol. The fourth-order valence-electron chi connectivity index (χ4n) is 1.58. The standard InChI is InChI=1S/C12H19NOS/c1-5-13-10(8-9(2)3)12-11(14-4)6-7-15-12/h6-7,10,13H,2,5,8H2,1,3-4H3. The van der Waals surface area contributed by atoms with Gasteiger partial charge in [0.15, 0.2) is 0 Å². The molecule has 1 rings (SSSR count). The van der Waals surface area contributed by atoms with Gasteiger partial charge in [0, 0.05) is 6.04 Å². The molecule has 0 spiro atoms. The van der Waals surface area contributed by atoms with Crippen molar-refractivity contribution >= 4 is 11.3 Å². The van der Waals surface area contributed by atoms with Crippen LogP contribution >= 0.6 is 11.3 Å². The van der Waals surface area contributed by atoms with Gasteiger partial charge in [0.05, 0.1) is 12.0 Å². The van der Waals surface area contributed by atoms with Crippen molar-refractivity contribution in [3.05, 3.63) is 28.5 Å². The maximum absolute atomic E-state index is 5.33. The zero-order valence-electron chi connectivity index (χ0n) is 9.67. The molecule has 0 radical (unpaired) electrons. The van der Waals surface area contributed by atoms with E-state index in [-0.39, 0.29) is 0 Å². The maximum Gasteiger partial charge on any atom is 0.134 e. The highest BCUT2D eigenvalue weighted by Crippen LogP contribution is 2.33. The fourth-order valence-corrected chi connectivity index (χ4v) is 2.52. The second kappa shape index (κ2) is 5.93. The summed E-state index contributed by atoms with van der Waals surface area (Å²) in [6.07, 6.45) is 0.963. The molecule has 0 bridgehead atoms. The number of hydrogen-bond acceptors (Lipinski definition) is 3. The van der Waals surface area contributed by atoms with Crippen LogP contribution in [0.3, 0.4) is 0 Å². The highest BCUT2D eigenvalue weighted by Gasteiger charge is 2.16. The molecular formula is C12H19NOS. The first kappa shape index (κ1) is 12.3. The molecule has 1 atom stereocenters. The van der Waals surface area contributed by atoms with Crippen LogP contribution in [0.1, 0.15) is 31.2 Å². The molecule has 84 valence electrons. The number of ether oxygens (including phenoxy) is 1. The van der Waals surface area contributed by atoms with Crippen molar-refractivity contribution in [1.82, 2.24) is 5.32 Å². The molecule has 1 aromatic rings. The van der Waals surface area contributed by atoms with Crippen molar-refractivity contribution in [3.63, 3.8) is 0 Å². The molecule has 1 aromatic heterocycles. The lowest BCUT2D eigenvalue weighted by molar-refractivity contribution is 0.403. The second-order valence-corrected chi connectivity index (χ2v) is 4.57. The average molecular weight is 225 g/mol. The first-order valence-corrected chi connectivity index (χ1v) is 6.06. The zero-order valence-corrected chi connectivity index (χ0v) is 10.5. The lowest BCUT2D eigenvalue weighted by Crippen LogP contribution is -2.20. The lowest BCUT2D eigenvalue weighted by Gasteiger charge is -2.17. The zero-order chi connectivity index (χ0) is 11.3. The maximum atomic E-state index is 5.33. The monoisotopic (exact) mass is 225 g/mol. The molecule has 0 amide bonds. The summed E-state index contributed by atoms with van der Waals surface area (Å²) in [4.78, 5) is 1.27. The Morgan fingerprint density at radius 1 is 1.67 bits per heavy atom. The Kier molecular flexibility index (Phi) is 4.85. The van der Waals surface area contributed by atoms with Crippen LogP contribution in [0.15, 0.2) is 23.6 Å². The average Bonchev–Trinajstić information content (AvgIpc) is 2.64. The molecule has 1 unspecified atom stereocenters. The lowest BCUT2D eigenvalue weighted by atomic mass is 10.1. The fraction of sp³-hybridized carbons (Fsp3) is 0.500. The first-order valence-electron chi connectivity index (χ1n) is 5.18. The van der Waals surface area contributed by atoms with Crippen molar-refractivity contribution in [1.29, 1.82) is 0 Å². The van der Waals surface area contributed by atoms with Crippen LogP contribution in [0, 0.1) is 0 Å². The normalized spacial score (nSPS) is 12.5.